The molecular weight excluding hydrogens is 128 g/mol. The van der Waals surface area contributed by atoms with Gasteiger partial charge in [-0.25, -0.2) is 0 Å². The third-order valence-corrected chi connectivity index (χ3v) is 1.35. The molecule has 0 N–H and O–H groups in total. The second-order valence-corrected chi connectivity index (χ2v) is 2.78. The van der Waals surface area contributed by atoms with Gasteiger partial charge in [0.05, 0.1) is 0 Å². The molecule has 0 saturated carbocycles. The van der Waals surface area contributed by atoms with Gasteiger partial charge in [0.15, 0.2) is 5.82 Å². The van der Waals surface area contributed by atoms with Crippen molar-refractivity contribution in [2.75, 3.05) is 0 Å². The van der Waals surface area contributed by atoms with Crippen LogP contribution in [0.4, 0.5) is 0 Å². The van der Waals surface area contributed by atoms with Gasteiger partial charge in [-0.1, -0.05) is 19.0 Å². The van der Waals surface area contributed by atoms with Crippen molar-refractivity contribution >= 4 is 0 Å². The average molecular weight is 140 g/mol. The molecule has 56 valence electrons. The number of hydrogen-bond acceptors (Lipinski definition) is 3. The molecule has 1 aromatic heterocycles. The number of hydrogen-bond donors (Lipinski definition) is 0. The van der Waals surface area contributed by atoms with E-state index in [1.807, 2.05) is 0 Å². The highest BCUT2D eigenvalue weighted by Gasteiger charge is 1.99. The highest BCUT2D eigenvalue weighted by molar-refractivity contribution is 4.77. The zero-order valence-electron chi connectivity index (χ0n) is 6.37. The zero-order chi connectivity index (χ0) is 7.40. The molecule has 1 heterocycles. The van der Waals surface area contributed by atoms with E-state index >= 15 is 0 Å². The predicted molar refractivity (Wildman–Crippen MR) is 37.5 cm³/mol. The van der Waals surface area contributed by atoms with E-state index in [1.165, 1.54) is 6.39 Å². The third kappa shape index (κ3) is 2.17. The molecule has 0 spiro atoms. The fourth-order valence-electron chi connectivity index (χ4n) is 0.720. The highest BCUT2D eigenvalue weighted by Crippen LogP contribution is 2.03. The molecule has 0 atom stereocenters. The molecule has 10 heavy (non-hydrogen) atoms. The van der Waals surface area contributed by atoms with Gasteiger partial charge in [-0.2, -0.15) is 4.98 Å². The molecule has 0 fully saturated rings. The first-order valence-corrected chi connectivity index (χ1v) is 3.54. The Hall–Kier alpha value is -0.860. The summed E-state index contributed by atoms with van der Waals surface area (Å²) in [5.74, 6) is 1.52. The lowest BCUT2D eigenvalue weighted by Gasteiger charge is -1.98. The summed E-state index contributed by atoms with van der Waals surface area (Å²) in [5.41, 5.74) is 0. The third-order valence-electron chi connectivity index (χ3n) is 1.35. The summed E-state index contributed by atoms with van der Waals surface area (Å²) >= 11 is 0. The fourth-order valence-corrected chi connectivity index (χ4v) is 0.720. The minimum absolute atomic E-state index is 0.707. The van der Waals surface area contributed by atoms with Crippen LogP contribution in [-0.2, 0) is 6.42 Å². The van der Waals surface area contributed by atoms with Crippen molar-refractivity contribution in [2.24, 2.45) is 5.92 Å². The smallest absolute Gasteiger partial charge is 0.213 e. The molecule has 1 aromatic rings. The maximum atomic E-state index is 4.59. The van der Waals surface area contributed by atoms with E-state index in [0.717, 1.165) is 18.7 Å². The molecule has 0 unspecified atom stereocenters. The van der Waals surface area contributed by atoms with Crippen LogP contribution in [0.15, 0.2) is 10.9 Å². The summed E-state index contributed by atoms with van der Waals surface area (Å²) in [4.78, 5) is 3.91. The second kappa shape index (κ2) is 3.34. The van der Waals surface area contributed by atoms with E-state index in [9.17, 15) is 0 Å². The Morgan fingerprint density at radius 3 is 2.90 bits per heavy atom. The molecule has 3 heteroatoms. The monoisotopic (exact) mass is 140 g/mol. The molecule has 0 radical (unpaired) electrons. The maximum Gasteiger partial charge on any atom is 0.213 e. The Labute approximate surface area is 60.4 Å². The summed E-state index contributed by atoms with van der Waals surface area (Å²) in [6.45, 7) is 4.36. The Balaban J connectivity index is 2.28. The standard InChI is InChI=1S/C7H12N2O/c1-6(2)3-4-7-8-5-10-9-7/h5-6H,3-4H2,1-2H3. The van der Waals surface area contributed by atoms with Gasteiger partial charge in [0, 0.05) is 6.42 Å². The quantitative estimate of drug-likeness (QED) is 0.640. The molecule has 3 nitrogen and oxygen atoms in total. The average Bonchev–Trinajstić information content (AvgIpc) is 2.34. The molecule has 0 aromatic carbocycles. The second-order valence-electron chi connectivity index (χ2n) is 2.78. The number of rotatable bonds is 3. The van der Waals surface area contributed by atoms with Crippen LogP contribution < -0.4 is 0 Å². The van der Waals surface area contributed by atoms with Crippen molar-refractivity contribution < 1.29 is 4.52 Å². The number of aromatic nitrogens is 2. The van der Waals surface area contributed by atoms with Crippen molar-refractivity contribution in [3.63, 3.8) is 0 Å². The van der Waals surface area contributed by atoms with Crippen LogP contribution in [0.1, 0.15) is 26.1 Å². The zero-order valence-corrected chi connectivity index (χ0v) is 6.37. The lowest BCUT2D eigenvalue weighted by atomic mass is 10.1. The van der Waals surface area contributed by atoms with Gasteiger partial charge in [-0.3, -0.25) is 0 Å². The van der Waals surface area contributed by atoms with Crippen molar-refractivity contribution in [2.45, 2.75) is 26.7 Å². The normalized spacial score (nSPS) is 10.7. The Kier molecular flexibility index (Phi) is 2.42. The minimum Gasteiger partial charge on any atom is -0.343 e. The van der Waals surface area contributed by atoms with Gasteiger partial charge in [-0.15, -0.1) is 0 Å². The van der Waals surface area contributed by atoms with Crippen LogP contribution in [0.3, 0.4) is 0 Å². The van der Waals surface area contributed by atoms with Crippen molar-refractivity contribution in [1.29, 1.82) is 0 Å². The van der Waals surface area contributed by atoms with E-state index in [2.05, 4.69) is 28.5 Å². The van der Waals surface area contributed by atoms with Gasteiger partial charge in [0.25, 0.3) is 0 Å². The summed E-state index contributed by atoms with van der Waals surface area (Å²) in [7, 11) is 0. The van der Waals surface area contributed by atoms with Crippen LogP contribution in [0, 0.1) is 5.92 Å². The van der Waals surface area contributed by atoms with Gasteiger partial charge >= 0.3 is 0 Å². The van der Waals surface area contributed by atoms with Gasteiger partial charge in [0.2, 0.25) is 6.39 Å². The Morgan fingerprint density at radius 2 is 2.40 bits per heavy atom. The first-order valence-electron chi connectivity index (χ1n) is 3.54. The van der Waals surface area contributed by atoms with Crippen molar-refractivity contribution in [1.82, 2.24) is 10.1 Å². The first kappa shape index (κ1) is 7.25. The van der Waals surface area contributed by atoms with E-state index in [-0.39, 0.29) is 0 Å². The number of nitrogens with zero attached hydrogens (tertiary/aromatic N) is 2. The molecule has 0 aliphatic rings. The largest absolute Gasteiger partial charge is 0.343 e. The number of aryl methyl sites for hydroxylation is 1. The molecule has 0 saturated heterocycles. The maximum absolute atomic E-state index is 4.59. The van der Waals surface area contributed by atoms with Crippen LogP contribution in [0.25, 0.3) is 0 Å². The van der Waals surface area contributed by atoms with E-state index < -0.39 is 0 Å². The Morgan fingerprint density at radius 1 is 1.60 bits per heavy atom. The predicted octanol–water partition coefficient (Wildman–Crippen LogP) is 1.66. The minimum atomic E-state index is 0.707. The topological polar surface area (TPSA) is 38.9 Å². The van der Waals surface area contributed by atoms with E-state index in [0.29, 0.717) is 5.92 Å². The van der Waals surface area contributed by atoms with Crippen LogP contribution in [0.2, 0.25) is 0 Å². The van der Waals surface area contributed by atoms with Gasteiger partial charge < -0.3 is 4.52 Å². The van der Waals surface area contributed by atoms with Crippen molar-refractivity contribution in [3.8, 4) is 0 Å². The van der Waals surface area contributed by atoms with Gasteiger partial charge in [0.1, 0.15) is 0 Å². The fraction of sp³-hybridized carbons (Fsp3) is 0.714. The molecule has 0 aliphatic carbocycles. The summed E-state index contributed by atoms with van der Waals surface area (Å²) < 4.78 is 4.59. The lowest BCUT2D eigenvalue weighted by molar-refractivity contribution is 0.407. The SMILES string of the molecule is CC(C)CCc1ncon1. The summed E-state index contributed by atoms with van der Waals surface area (Å²) in [6, 6.07) is 0. The lowest BCUT2D eigenvalue weighted by Crippen LogP contribution is -1.93. The summed E-state index contributed by atoms with van der Waals surface area (Å²) in [5, 5.41) is 3.70. The van der Waals surface area contributed by atoms with E-state index in [4.69, 9.17) is 0 Å². The van der Waals surface area contributed by atoms with Crippen LogP contribution in [-0.4, -0.2) is 10.1 Å². The molecular formula is C7H12N2O. The molecule has 1 rings (SSSR count). The first-order chi connectivity index (χ1) is 4.79. The highest BCUT2D eigenvalue weighted by atomic mass is 16.5. The Bertz CT molecular complexity index is 170. The molecule has 0 bridgehead atoms. The van der Waals surface area contributed by atoms with E-state index in [1.54, 1.807) is 0 Å². The van der Waals surface area contributed by atoms with Crippen LogP contribution >= 0.6 is 0 Å². The van der Waals surface area contributed by atoms with Crippen LogP contribution in [0.5, 0.6) is 0 Å². The molecule has 0 aliphatic heterocycles. The van der Waals surface area contributed by atoms with Gasteiger partial charge in [-0.05, 0) is 12.3 Å². The molecule has 0 amide bonds. The summed E-state index contributed by atoms with van der Waals surface area (Å²) in [6.07, 6.45) is 3.42. The van der Waals surface area contributed by atoms with Crippen molar-refractivity contribution in [3.05, 3.63) is 12.2 Å².